The molecule has 0 amide bonds. The Kier molecular flexibility index (Phi) is 5.88. The number of fused-ring (bicyclic) bond motifs is 1. The topological polar surface area (TPSA) is 43.3 Å². The summed E-state index contributed by atoms with van der Waals surface area (Å²) < 4.78 is 6.82. The molecule has 28 heavy (non-hydrogen) atoms. The van der Waals surface area contributed by atoms with E-state index in [9.17, 15) is 4.79 Å². The third-order valence-corrected chi connectivity index (χ3v) is 4.48. The molecule has 0 saturated heterocycles. The highest BCUT2D eigenvalue weighted by atomic mass is 35.5. The molecule has 2 aromatic carbocycles. The lowest BCUT2D eigenvalue weighted by Crippen LogP contribution is -2.05. The van der Waals surface area contributed by atoms with Crippen LogP contribution < -0.4 is 5.32 Å². The van der Waals surface area contributed by atoms with E-state index < -0.39 is 5.97 Å². The number of esters is 1. The van der Waals surface area contributed by atoms with Crippen molar-refractivity contribution in [2.24, 2.45) is 0 Å². The molecule has 0 spiro atoms. The number of carbonyl (C=O) groups is 1. The van der Waals surface area contributed by atoms with Crippen molar-refractivity contribution in [1.29, 1.82) is 0 Å². The highest BCUT2D eigenvalue weighted by Crippen LogP contribution is 2.31. The third-order valence-electron chi connectivity index (χ3n) is 4.24. The molecule has 1 heterocycles. The number of halogens is 1. The van der Waals surface area contributed by atoms with Crippen LogP contribution in [0.5, 0.6) is 0 Å². The Morgan fingerprint density at radius 3 is 2.79 bits per heavy atom. The first kappa shape index (κ1) is 19.3. The van der Waals surface area contributed by atoms with Crippen molar-refractivity contribution in [2.45, 2.75) is 6.92 Å². The summed E-state index contributed by atoms with van der Waals surface area (Å²) in [6, 6.07) is 12.9. The Bertz CT molecular complexity index is 1130. The molecule has 0 aliphatic carbocycles. The first-order valence-corrected chi connectivity index (χ1v) is 9.01. The third kappa shape index (κ3) is 3.80. The van der Waals surface area contributed by atoms with Gasteiger partial charge >= 0.3 is 5.97 Å². The molecule has 1 aromatic heterocycles. The predicted octanol–water partition coefficient (Wildman–Crippen LogP) is 5.88. The molecular weight excluding hydrogens is 372 g/mol. The largest absolute Gasteiger partial charge is 0.465 e. The van der Waals surface area contributed by atoms with Gasteiger partial charge in [0.2, 0.25) is 0 Å². The standard InChI is InChI=1S/C23H19ClN2O2/c1-4-6-8-17(5-2)26-14-13-18-20(9-7-10-22(18)26)25-21-12-11-16(24)15-19(21)23(27)28-3/h2,4,6-15,25H,1,3H3/b6-4-,17-8+. The summed E-state index contributed by atoms with van der Waals surface area (Å²) in [7, 11) is 1.34. The quantitative estimate of drug-likeness (QED) is 0.336. The van der Waals surface area contributed by atoms with Gasteiger partial charge in [-0.15, -0.1) is 6.42 Å². The number of allylic oxidation sites excluding steroid dienone is 4. The average molecular weight is 391 g/mol. The van der Waals surface area contributed by atoms with Gasteiger partial charge in [0.25, 0.3) is 0 Å². The average Bonchev–Trinajstić information content (AvgIpc) is 3.14. The molecule has 0 aliphatic rings. The van der Waals surface area contributed by atoms with Crippen LogP contribution in [0.25, 0.3) is 16.6 Å². The molecule has 4 nitrogen and oxygen atoms in total. The SMILES string of the molecule is C#C/C(=C\C=C/C)n1ccc2c(Nc3ccc(Cl)cc3C(=O)OC)cccc21. The Labute approximate surface area is 169 Å². The molecule has 0 bridgehead atoms. The Balaban J connectivity index is 2.08. The minimum atomic E-state index is -0.460. The van der Waals surface area contributed by atoms with Gasteiger partial charge in [-0.25, -0.2) is 4.79 Å². The van der Waals surface area contributed by atoms with Crippen molar-refractivity contribution < 1.29 is 9.53 Å². The highest BCUT2D eigenvalue weighted by Gasteiger charge is 2.14. The first-order valence-electron chi connectivity index (χ1n) is 8.64. The molecule has 3 aromatic rings. The smallest absolute Gasteiger partial charge is 0.340 e. The number of terminal acetylenes is 1. The van der Waals surface area contributed by atoms with Crippen LogP contribution in [0, 0.1) is 12.3 Å². The summed E-state index contributed by atoms with van der Waals surface area (Å²) in [4.78, 5) is 12.1. The number of ether oxygens (including phenoxy) is 1. The number of carbonyl (C=O) groups excluding carboxylic acids is 1. The monoisotopic (exact) mass is 390 g/mol. The Hall–Kier alpha value is -3.42. The van der Waals surface area contributed by atoms with Crippen molar-refractivity contribution in [3.63, 3.8) is 0 Å². The number of nitrogens with zero attached hydrogens (tertiary/aromatic N) is 1. The zero-order valence-electron chi connectivity index (χ0n) is 15.6. The van der Waals surface area contributed by atoms with E-state index in [0.29, 0.717) is 16.3 Å². The zero-order chi connectivity index (χ0) is 20.1. The fourth-order valence-corrected chi connectivity index (χ4v) is 3.09. The zero-order valence-corrected chi connectivity index (χ0v) is 16.3. The summed E-state index contributed by atoms with van der Waals surface area (Å²) in [6.07, 6.45) is 13.3. The molecule has 0 fully saturated rings. The summed E-state index contributed by atoms with van der Waals surface area (Å²) in [5, 5.41) is 4.74. The van der Waals surface area contributed by atoms with Gasteiger partial charge in [-0.3, -0.25) is 0 Å². The lowest BCUT2D eigenvalue weighted by molar-refractivity contribution is 0.0602. The van der Waals surface area contributed by atoms with Gasteiger partial charge in [-0.1, -0.05) is 35.7 Å². The van der Waals surface area contributed by atoms with Gasteiger partial charge in [0, 0.05) is 22.3 Å². The number of nitrogens with one attached hydrogen (secondary N) is 1. The van der Waals surface area contributed by atoms with E-state index in [1.54, 1.807) is 18.2 Å². The van der Waals surface area contributed by atoms with E-state index in [1.165, 1.54) is 7.11 Å². The second-order valence-corrected chi connectivity index (χ2v) is 6.39. The maximum absolute atomic E-state index is 12.1. The lowest BCUT2D eigenvalue weighted by atomic mass is 10.1. The van der Waals surface area contributed by atoms with E-state index in [0.717, 1.165) is 22.3 Å². The van der Waals surface area contributed by atoms with Crippen LogP contribution in [-0.2, 0) is 4.74 Å². The van der Waals surface area contributed by atoms with Crippen molar-refractivity contribution in [1.82, 2.24) is 4.57 Å². The van der Waals surface area contributed by atoms with Crippen LogP contribution >= 0.6 is 11.6 Å². The lowest BCUT2D eigenvalue weighted by Gasteiger charge is -2.13. The summed E-state index contributed by atoms with van der Waals surface area (Å²) in [5.74, 6) is 2.26. The maximum atomic E-state index is 12.1. The van der Waals surface area contributed by atoms with Crippen molar-refractivity contribution >= 4 is 45.5 Å². The van der Waals surface area contributed by atoms with Crippen LogP contribution in [0.3, 0.4) is 0 Å². The van der Waals surface area contributed by atoms with Crippen molar-refractivity contribution in [2.75, 3.05) is 12.4 Å². The summed E-state index contributed by atoms with van der Waals surface area (Å²) >= 11 is 6.04. The molecule has 0 saturated carbocycles. The normalized spacial score (nSPS) is 11.6. The van der Waals surface area contributed by atoms with Gasteiger partial charge in [0.05, 0.1) is 29.6 Å². The van der Waals surface area contributed by atoms with E-state index in [4.69, 9.17) is 22.8 Å². The van der Waals surface area contributed by atoms with Gasteiger partial charge in [0.15, 0.2) is 0 Å². The molecule has 140 valence electrons. The van der Waals surface area contributed by atoms with Crippen LogP contribution in [0.4, 0.5) is 11.4 Å². The predicted molar refractivity (Wildman–Crippen MR) is 116 cm³/mol. The number of hydrogen-bond donors (Lipinski definition) is 1. The molecule has 1 N–H and O–H groups in total. The fourth-order valence-electron chi connectivity index (χ4n) is 2.92. The minimum absolute atomic E-state index is 0.365. The number of anilines is 2. The second-order valence-electron chi connectivity index (χ2n) is 5.95. The second kappa shape index (κ2) is 8.51. The first-order chi connectivity index (χ1) is 13.6. The molecule has 0 atom stereocenters. The van der Waals surface area contributed by atoms with E-state index in [2.05, 4.69) is 11.2 Å². The Morgan fingerprint density at radius 2 is 2.07 bits per heavy atom. The van der Waals surface area contributed by atoms with Crippen LogP contribution in [0.1, 0.15) is 17.3 Å². The van der Waals surface area contributed by atoms with Gasteiger partial charge in [-0.2, -0.15) is 0 Å². The van der Waals surface area contributed by atoms with Gasteiger partial charge in [0.1, 0.15) is 0 Å². The number of benzene rings is 2. The fraction of sp³-hybridized carbons (Fsp3) is 0.0870. The van der Waals surface area contributed by atoms with Gasteiger partial charge < -0.3 is 14.6 Å². The minimum Gasteiger partial charge on any atom is -0.465 e. The molecular formula is C23H19ClN2O2. The van der Waals surface area contributed by atoms with Crippen LogP contribution in [-0.4, -0.2) is 17.6 Å². The molecule has 5 heteroatoms. The van der Waals surface area contributed by atoms with E-state index >= 15 is 0 Å². The number of hydrogen-bond acceptors (Lipinski definition) is 3. The molecule has 3 rings (SSSR count). The van der Waals surface area contributed by atoms with Crippen molar-refractivity contribution in [3.8, 4) is 12.3 Å². The van der Waals surface area contributed by atoms with Crippen LogP contribution in [0.15, 0.2) is 66.9 Å². The number of rotatable bonds is 5. The van der Waals surface area contributed by atoms with Crippen LogP contribution in [0.2, 0.25) is 5.02 Å². The summed E-state index contributed by atoms with van der Waals surface area (Å²) in [5.41, 5.74) is 3.49. The highest BCUT2D eigenvalue weighted by molar-refractivity contribution is 6.31. The molecule has 0 radical (unpaired) electrons. The van der Waals surface area contributed by atoms with E-state index in [-0.39, 0.29) is 0 Å². The Morgan fingerprint density at radius 1 is 1.25 bits per heavy atom. The number of methoxy groups -OCH3 is 1. The molecule has 0 aliphatic heterocycles. The number of aromatic nitrogens is 1. The maximum Gasteiger partial charge on any atom is 0.340 e. The van der Waals surface area contributed by atoms with E-state index in [1.807, 2.05) is 60.2 Å². The molecule has 0 unspecified atom stereocenters. The van der Waals surface area contributed by atoms with Crippen molar-refractivity contribution in [3.05, 3.63) is 77.5 Å². The van der Waals surface area contributed by atoms with Gasteiger partial charge in [-0.05, 0) is 49.4 Å². The summed E-state index contributed by atoms with van der Waals surface area (Å²) in [6.45, 7) is 1.94.